The van der Waals surface area contributed by atoms with Crippen LogP contribution in [0.3, 0.4) is 0 Å². The summed E-state index contributed by atoms with van der Waals surface area (Å²) in [5.74, 6) is -0.276. The molecule has 5 nitrogen and oxygen atoms in total. The minimum atomic E-state index is -1.03. The molecule has 0 aliphatic carbocycles. The molecule has 5 heteroatoms. The van der Waals surface area contributed by atoms with E-state index in [2.05, 4.69) is 0 Å². The summed E-state index contributed by atoms with van der Waals surface area (Å²) in [4.78, 5) is 12.9. The maximum absolute atomic E-state index is 11.1. The molecule has 0 aromatic heterocycles. The number of para-hydroxylation sites is 1. The number of carboxylic acids is 1. The minimum absolute atomic E-state index is 0.0999. The second kappa shape index (κ2) is 5.52. The molecule has 2 rings (SSSR count). The average molecular weight is 272 g/mol. The Morgan fingerprint density at radius 1 is 1.20 bits per heavy atom. The van der Waals surface area contributed by atoms with E-state index in [-0.39, 0.29) is 11.3 Å². The molecule has 20 heavy (non-hydrogen) atoms. The van der Waals surface area contributed by atoms with Crippen LogP contribution in [0.25, 0.3) is 0 Å². The summed E-state index contributed by atoms with van der Waals surface area (Å²) in [5, 5.41) is 9.10. The fraction of sp³-hybridized carbons (Fsp3) is 0.133. The van der Waals surface area contributed by atoms with Gasteiger partial charge in [0.15, 0.2) is 0 Å². The quantitative estimate of drug-likeness (QED) is 0.837. The summed E-state index contributed by atoms with van der Waals surface area (Å²) < 4.78 is 5.11. The second-order valence-electron chi connectivity index (χ2n) is 4.30. The predicted molar refractivity (Wildman–Crippen MR) is 78.9 cm³/mol. The number of anilines is 3. The molecule has 104 valence electrons. The van der Waals surface area contributed by atoms with Crippen LogP contribution < -0.4 is 15.4 Å². The van der Waals surface area contributed by atoms with Crippen molar-refractivity contribution in [1.82, 2.24) is 0 Å². The first-order valence-corrected chi connectivity index (χ1v) is 6.04. The highest BCUT2D eigenvalue weighted by atomic mass is 16.5. The molecule has 0 aliphatic rings. The van der Waals surface area contributed by atoms with Crippen molar-refractivity contribution in [2.24, 2.45) is 0 Å². The van der Waals surface area contributed by atoms with E-state index in [4.69, 9.17) is 15.6 Å². The summed E-state index contributed by atoms with van der Waals surface area (Å²) in [6.45, 7) is 0. The number of methoxy groups -OCH3 is 1. The molecule has 0 amide bonds. The number of nitrogen functional groups attached to an aromatic ring is 1. The average Bonchev–Trinajstić information content (AvgIpc) is 2.46. The molecule has 0 atom stereocenters. The molecular weight excluding hydrogens is 256 g/mol. The Morgan fingerprint density at radius 2 is 1.85 bits per heavy atom. The zero-order valence-corrected chi connectivity index (χ0v) is 11.3. The van der Waals surface area contributed by atoms with Gasteiger partial charge in [-0.25, -0.2) is 4.79 Å². The Labute approximate surface area is 117 Å². The van der Waals surface area contributed by atoms with Gasteiger partial charge in [-0.2, -0.15) is 0 Å². The molecule has 0 bridgehead atoms. The molecule has 0 spiro atoms. The number of benzene rings is 2. The van der Waals surface area contributed by atoms with Crippen LogP contribution in [0.1, 0.15) is 10.4 Å². The monoisotopic (exact) mass is 272 g/mol. The first-order chi connectivity index (χ1) is 9.54. The molecule has 0 heterocycles. The fourth-order valence-corrected chi connectivity index (χ4v) is 1.98. The third kappa shape index (κ3) is 2.51. The lowest BCUT2D eigenvalue weighted by Gasteiger charge is -2.22. The van der Waals surface area contributed by atoms with E-state index in [0.717, 1.165) is 11.4 Å². The number of carboxylic acid groups (broad SMARTS) is 1. The summed E-state index contributed by atoms with van der Waals surface area (Å²) in [5.41, 5.74) is 7.82. The highest BCUT2D eigenvalue weighted by Crippen LogP contribution is 2.31. The fourth-order valence-electron chi connectivity index (χ4n) is 1.98. The third-order valence-corrected chi connectivity index (χ3v) is 3.13. The normalized spacial score (nSPS) is 10.1. The van der Waals surface area contributed by atoms with Crippen molar-refractivity contribution < 1.29 is 14.6 Å². The number of aromatic carboxylic acids is 1. The molecule has 0 saturated heterocycles. The van der Waals surface area contributed by atoms with Crippen LogP contribution in [0, 0.1) is 0 Å². The number of carbonyl (C=O) groups is 1. The SMILES string of the molecule is COc1ccc(N(C)c2cccc(C(=O)O)c2N)cc1. The van der Waals surface area contributed by atoms with Crippen molar-refractivity contribution in [2.45, 2.75) is 0 Å². The van der Waals surface area contributed by atoms with Gasteiger partial charge in [0.25, 0.3) is 0 Å². The first-order valence-electron chi connectivity index (χ1n) is 6.04. The van der Waals surface area contributed by atoms with Crippen LogP contribution in [0.5, 0.6) is 5.75 Å². The van der Waals surface area contributed by atoms with Crippen molar-refractivity contribution in [3.63, 3.8) is 0 Å². The number of nitrogens with two attached hydrogens (primary N) is 1. The van der Waals surface area contributed by atoms with Gasteiger partial charge in [-0.3, -0.25) is 0 Å². The lowest BCUT2D eigenvalue weighted by atomic mass is 10.1. The number of hydrogen-bond acceptors (Lipinski definition) is 4. The number of ether oxygens (including phenoxy) is 1. The number of nitrogens with zero attached hydrogens (tertiary/aromatic N) is 1. The number of rotatable bonds is 4. The minimum Gasteiger partial charge on any atom is -0.497 e. The molecular formula is C15H16N2O3. The topological polar surface area (TPSA) is 75.8 Å². The van der Waals surface area contributed by atoms with Crippen LogP contribution in [0.2, 0.25) is 0 Å². The molecule has 0 fully saturated rings. The van der Waals surface area contributed by atoms with Crippen molar-refractivity contribution in [3.05, 3.63) is 48.0 Å². The standard InChI is InChI=1S/C15H16N2O3/c1-17(10-6-8-11(20-2)9-7-10)13-5-3-4-12(14(13)16)15(18)19/h3-9H,16H2,1-2H3,(H,18,19). The van der Waals surface area contributed by atoms with Gasteiger partial charge in [-0.15, -0.1) is 0 Å². The van der Waals surface area contributed by atoms with Gasteiger partial charge >= 0.3 is 5.97 Å². The summed E-state index contributed by atoms with van der Waals surface area (Å²) in [6, 6.07) is 12.4. The molecule has 2 aromatic carbocycles. The molecule has 2 aromatic rings. The van der Waals surface area contributed by atoms with Gasteiger partial charge in [-0.05, 0) is 36.4 Å². The smallest absolute Gasteiger partial charge is 0.337 e. The Morgan fingerprint density at radius 3 is 2.40 bits per heavy atom. The largest absolute Gasteiger partial charge is 0.497 e. The van der Waals surface area contributed by atoms with E-state index >= 15 is 0 Å². The van der Waals surface area contributed by atoms with E-state index in [1.807, 2.05) is 36.2 Å². The van der Waals surface area contributed by atoms with Crippen molar-refractivity contribution in [2.75, 3.05) is 24.8 Å². The molecule has 0 aliphatic heterocycles. The van der Waals surface area contributed by atoms with E-state index in [0.29, 0.717) is 5.69 Å². The first kappa shape index (κ1) is 13.7. The molecule has 0 unspecified atom stereocenters. The summed E-state index contributed by atoms with van der Waals surface area (Å²) in [6.07, 6.45) is 0. The van der Waals surface area contributed by atoms with Crippen LogP contribution in [0.15, 0.2) is 42.5 Å². The lowest BCUT2D eigenvalue weighted by Crippen LogP contribution is -2.14. The van der Waals surface area contributed by atoms with Crippen LogP contribution in [-0.4, -0.2) is 25.2 Å². The zero-order valence-electron chi connectivity index (χ0n) is 11.3. The lowest BCUT2D eigenvalue weighted by molar-refractivity contribution is 0.0698. The van der Waals surface area contributed by atoms with Gasteiger partial charge in [0.05, 0.1) is 24.0 Å². The highest BCUT2D eigenvalue weighted by molar-refractivity contribution is 5.97. The van der Waals surface area contributed by atoms with E-state index in [9.17, 15) is 4.79 Å². The molecule has 0 radical (unpaired) electrons. The van der Waals surface area contributed by atoms with Crippen molar-refractivity contribution in [1.29, 1.82) is 0 Å². The second-order valence-corrected chi connectivity index (χ2v) is 4.30. The van der Waals surface area contributed by atoms with E-state index in [1.165, 1.54) is 6.07 Å². The molecule has 0 saturated carbocycles. The Hall–Kier alpha value is -2.69. The Balaban J connectivity index is 2.39. The van der Waals surface area contributed by atoms with Gasteiger partial charge in [0.2, 0.25) is 0 Å². The van der Waals surface area contributed by atoms with Gasteiger partial charge < -0.3 is 20.5 Å². The highest BCUT2D eigenvalue weighted by Gasteiger charge is 2.14. The van der Waals surface area contributed by atoms with Crippen LogP contribution in [-0.2, 0) is 0 Å². The van der Waals surface area contributed by atoms with Gasteiger partial charge in [0.1, 0.15) is 5.75 Å². The maximum Gasteiger partial charge on any atom is 0.337 e. The number of hydrogen-bond donors (Lipinski definition) is 2. The third-order valence-electron chi connectivity index (χ3n) is 3.13. The van der Waals surface area contributed by atoms with E-state index < -0.39 is 5.97 Å². The Bertz CT molecular complexity index is 624. The van der Waals surface area contributed by atoms with Crippen LogP contribution in [0.4, 0.5) is 17.1 Å². The zero-order chi connectivity index (χ0) is 14.7. The summed E-state index contributed by atoms with van der Waals surface area (Å²) in [7, 11) is 3.44. The van der Waals surface area contributed by atoms with E-state index in [1.54, 1.807) is 19.2 Å². The van der Waals surface area contributed by atoms with Crippen molar-refractivity contribution >= 4 is 23.0 Å². The summed E-state index contributed by atoms with van der Waals surface area (Å²) >= 11 is 0. The predicted octanol–water partition coefficient (Wildman–Crippen LogP) is 2.74. The maximum atomic E-state index is 11.1. The van der Waals surface area contributed by atoms with Gasteiger partial charge in [0, 0.05) is 12.7 Å². The van der Waals surface area contributed by atoms with Crippen LogP contribution >= 0.6 is 0 Å². The van der Waals surface area contributed by atoms with Gasteiger partial charge in [-0.1, -0.05) is 6.07 Å². The molecule has 3 N–H and O–H groups in total. The van der Waals surface area contributed by atoms with Crippen molar-refractivity contribution in [3.8, 4) is 5.75 Å². The Kier molecular flexibility index (Phi) is 3.79.